The maximum atomic E-state index is 11.7. The van der Waals surface area contributed by atoms with Crippen LogP contribution in [0.3, 0.4) is 0 Å². The minimum Gasteiger partial charge on any atom is -0.376 e. The first-order valence-electron chi connectivity index (χ1n) is 7.04. The number of carbonyl (C=O) groups is 2. The van der Waals surface area contributed by atoms with Crippen molar-refractivity contribution in [2.75, 3.05) is 11.9 Å². The monoisotopic (exact) mass is 275 g/mol. The molecule has 1 aliphatic carbocycles. The first kappa shape index (κ1) is 14.4. The van der Waals surface area contributed by atoms with E-state index in [2.05, 4.69) is 16.2 Å². The lowest BCUT2D eigenvalue weighted by molar-refractivity contribution is -0.130. The van der Waals surface area contributed by atoms with Gasteiger partial charge in [0, 0.05) is 11.6 Å². The lowest BCUT2D eigenvalue weighted by Crippen LogP contribution is -2.46. The van der Waals surface area contributed by atoms with Crippen LogP contribution in [-0.4, -0.2) is 18.4 Å². The number of hydrogen-bond acceptors (Lipinski definition) is 3. The Labute approximate surface area is 119 Å². The summed E-state index contributed by atoms with van der Waals surface area (Å²) < 4.78 is 0. The summed E-state index contributed by atoms with van der Waals surface area (Å²) in [5, 5.41) is 3.00. The van der Waals surface area contributed by atoms with Crippen LogP contribution in [0.2, 0.25) is 0 Å². The third-order valence-electron chi connectivity index (χ3n) is 3.56. The minimum absolute atomic E-state index is 0.0559. The summed E-state index contributed by atoms with van der Waals surface area (Å²) in [7, 11) is 0. The fraction of sp³-hybridized carbons (Fsp3) is 0.467. The van der Waals surface area contributed by atoms with Crippen LogP contribution < -0.4 is 16.2 Å². The van der Waals surface area contributed by atoms with Gasteiger partial charge in [-0.1, -0.05) is 30.5 Å². The molecule has 1 aliphatic rings. The molecule has 0 radical (unpaired) electrons. The van der Waals surface area contributed by atoms with Gasteiger partial charge in [-0.05, 0) is 31.9 Å². The van der Waals surface area contributed by atoms with Gasteiger partial charge in [0.05, 0.1) is 6.54 Å². The molecule has 5 heteroatoms. The Bertz CT molecular complexity index is 465. The van der Waals surface area contributed by atoms with Gasteiger partial charge in [0.25, 0.3) is 5.91 Å². The Hall–Kier alpha value is -2.04. The highest BCUT2D eigenvalue weighted by molar-refractivity contribution is 5.85. The molecule has 1 aromatic carbocycles. The summed E-state index contributed by atoms with van der Waals surface area (Å²) in [6.07, 6.45) is 4.04. The number of nitrogens with one attached hydrogen (secondary N) is 3. The van der Waals surface area contributed by atoms with Crippen molar-refractivity contribution in [2.24, 2.45) is 5.92 Å². The molecule has 0 aliphatic heterocycles. The first-order chi connectivity index (χ1) is 9.65. The predicted molar refractivity (Wildman–Crippen MR) is 77.9 cm³/mol. The number of anilines is 1. The van der Waals surface area contributed by atoms with Gasteiger partial charge in [0.1, 0.15) is 0 Å². The van der Waals surface area contributed by atoms with Gasteiger partial charge in [-0.15, -0.1) is 0 Å². The fourth-order valence-electron chi connectivity index (χ4n) is 2.32. The van der Waals surface area contributed by atoms with E-state index < -0.39 is 0 Å². The third kappa shape index (κ3) is 4.26. The molecule has 0 spiro atoms. The summed E-state index contributed by atoms with van der Waals surface area (Å²) in [5.74, 6) is -0.275. The van der Waals surface area contributed by atoms with Crippen molar-refractivity contribution in [3.63, 3.8) is 0 Å². The Morgan fingerprint density at radius 1 is 1.10 bits per heavy atom. The van der Waals surface area contributed by atoms with Crippen molar-refractivity contribution in [3.05, 3.63) is 29.8 Å². The summed E-state index contributed by atoms with van der Waals surface area (Å²) in [6, 6.07) is 7.78. The SMILES string of the molecule is Cc1ccc(NCC(=O)NNC(=O)C2CCCC2)cc1. The lowest BCUT2D eigenvalue weighted by atomic mass is 10.1. The van der Waals surface area contributed by atoms with Crippen molar-refractivity contribution in [3.8, 4) is 0 Å². The van der Waals surface area contributed by atoms with Crippen molar-refractivity contribution < 1.29 is 9.59 Å². The van der Waals surface area contributed by atoms with E-state index in [0.717, 1.165) is 31.4 Å². The summed E-state index contributed by atoms with van der Waals surface area (Å²) in [6.45, 7) is 2.14. The van der Waals surface area contributed by atoms with Gasteiger partial charge in [-0.3, -0.25) is 20.4 Å². The normalized spacial score (nSPS) is 14.8. The number of hydrazine groups is 1. The Morgan fingerprint density at radius 3 is 2.40 bits per heavy atom. The maximum absolute atomic E-state index is 11.7. The number of aryl methyl sites for hydroxylation is 1. The summed E-state index contributed by atoms with van der Waals surface area (Å²) in [4.78, 5) is 23.3. The number of rotatable bonds is 4. The van der Waals surface area contributed by atoms with E-state index in [1.165, 1.54) is 5.56 Å². The molecular weight excluding hydrogens is 254 g/mol. The first-order valence-corrected chi connectivity index (χ1v) is 7.04. The van der Waals surface area contributed by atoms with Crippen LogP contribution in [-0.2, 0) is 9.59 Å². The number of benzene rings is 1. The molecule has 0 bridgehead atoms. The van der Waals surface area contributed by atoms with E-state index in [9.17, 15) is 9.59 Å². The second kappa shape index (κ2) is 6.93. The van der Waals surface area contributed by atoms with Gasteiger partial charge in [0.2, 0.25) is 5.91 Å². The van der Waals surface area contributed by atoms with Crippen LogP contribution in [0.4, 0.5) is 5.69 Å². The molecule has 0 heterocycles. The van der Waals surface area contributed by atoms with Crippen molar-refractivity contribution in [2.45, 2.75) is 32.6 Å². The molecule has 1 saturated carbocycles. The molecule has 3 N–H and O–H groups in total. The largest absolute Gasteiger partial charge is 0.376 e. The fourth-order valence-corrected chi connectivity index (χ4v) is 2.32. The molecule has 1 aromatic rings. The van der Waals surface area contributed by atoms with E-state index in [-0.39, 0.29) is 24.3 Å². The second-order valence-electron chi connectivity index (χ2n) is 5.24. The van der Waals surface area contributed by atoms with Crippen molar-refractivity contribution in [1.29, 1.82) is 0 Å². The Morgan fingerprint density at radius 2 is 1.75 bits per heavy atom. The average molecular weight is 275 g/mol. The molecule has 0 saturated heterocycles. The van der Waals surface area contributed by atoms with E-state index in [1.807, 2.05) is 31.2 Å². The van der Waals surface area contributed by atoms with E-state index in [4.69, 9.17) is 0 Å². The molecule has 0 aromatic heterocycles. The second-order valence-corrected chi connectivity index (χ2v) is 5.24. The maximum Gasteiger partial charge on any atom is 0.257 e. The van der Waals surface area contributed by atoms with Crippen LogP contribution in [0.1, 0.15) is 31.2 Å². The highest BCUT2D eigenvalue weighted by Gasteiger charge is 2.22. The molecule has 0 atom stereocenters. The molecule has 5 nitrogen and oxygen atoms in total. The standard InChI is InChI=1S/C15H21N3O2/c1-11-6-8-13(9-7-11)16-10-14(19)17-18-15(20)12-4-2-3-5-12/h6-9,12,16H,2-5,10H2,1H3,(H,17,19)(H,18,20). The Balaban J connectivity index is 1.67. The minimum atomic E-state index is -0.253. The van der Waals surface area contributed by atoms with Crippen LogP contribution >= 0.6 is 0 Å². The van der Waals surface area contributed by atoms with Gasteiger partial charge in [-0.2, -0.15) is 0 Å². The van der Waals surface area contributed by atoms with Crippen LogP contribution in [0, 0.1) is 12.8 Å². The summed E-state index contributed by atoms with van der Waals surface area (Å²) in [5.41, 5.74) is 6.98. The molecule has 0 unspecified atom stereocenters. The number of carbonyl (C=O) groups excluding carboxylic acids is 2. The van der Waals surface area contributed by atoms with Crippen LogP contribution in [0.25, 0.3) is 0 Å². The molecule has 2 rings (SSSR count). The van der Waals surface area contributed by atoms with Crippen LogP contribution in [0.5, 0.6) is 0 Å². The Kier molecular flexibility index (Phi) is 4.98. The van der Waals surface area contributed by atoms with Gasteiger partial charge in [0.15, 0.2) is 0 Å². The smallest absolute Gasteiger partial charge is 0.257 e. The molecule has 2 amide bonds. The molecule has 1 fully saturated rings. The van der Waals surface area contributed by atoms with E-state index in [1.54, 1.807) is 0 Å². The zero-order chi connectivity index (χ0) is 14.4. The average Bonchev–Trinajstić information content (AvgIpc) is 2.98. The van der Waals surface area contributed by atoms with Gasteiger partial charge in [-0.25, -0.2) is 0 Å². The topological polar surface area (TPSA) is 70.2 Å². The highest BCUT2D eigenvalue weighted by atomic mass is 16.2. The van der Waals surface area contributed by atoms with Crippen molar-refractivity contribution in [1.82, 2.24) is 10.9 Å². The van der Waals surface area contributed by atoms with Gasteiger partial charge >= 0.3 is 0 Å². The molecule has 20 heavy (non-hydrogen) atoms. The number of amides is 2. The zero-order valence-corrected chi connectivity index (χ0v) is 11.7. The zero-order valence-electron chi connectivity index (χ0n) is 11.7. The van der Waals surface area contributed by atoms with Crippen LogP contribution in [0.15, 0.2) is 24.3 Å². The number of hydrogen-bond donors (Lipinski definition) is 3. The molecular formula is C15H21N3O2. The molecule has 108 valence electrons. The summed E-state index contributed by atoms with van der Waals surface area (Å²) >= 11 is 0. The van der Waals surface area contributed by atoms with E-state index in [0.29, 0.717) is 0 Å². The highest BCUT2D eigenvalue weighted by Crippen LogP contribution is 2.24. The van der Waals surface area contributed by atoms with Gasteiger partial charge < -0.3 is 5.32 Å². The third-order valence-corrected chi connectivity index (χ3v) is 3.56. The quantitative estimate of drug-likeness (QED) is 0.733. The lowest BCUT2D eigenvalue weighted by Gasteiger charge is -2.12. The van der Waals surface area contributed by atoms with E-state index >= 15 is 0 Å². The van der Waals surface area contributed by atoms with Crippen molar-refractivity contribution >= 4 is 17.5 Å². The predicted octanol–water partition coefficient (Wildman–Crippen LogP) is 1.74.